The third-order valence-electron chi connectivity index (χ3n) is 3.37. The Morgan fingerprint density at radius 3 is 3.10 bits per heavy atom. The van der Waals surface area contributed by atoms with E-state index in [2.05, 4.69) is 16.7 Å². The number of hydrogen-bond acceptors (Lipinski definition) is 5. The predicted molar refractivity (Wildman–Crippen MR) is 80.0 cm³/mol. The lowest BCUT2D eigenvalue weighted by Gasteiger charge is -2.29. The van der Waals surface area contributed by atoms with Crippen LogP contribution in [0.4, 0.5) is 5.69 Å². The molecule has 0 aliphatic carbocycles. The highest BCUT2D eigenvalue weighted by atomic mass is 16.5. The first kappa shape index (κ1) is 15.3. The molecule has 112 valence electrons. The molecule has 1 fully saturated rings. The highest BCUT2D eigenvalue weighted by Crippen LogP contribution is 2.22. The van der Waals surface area contributed by atoms with Gasteiger partial charge < -0.3 is 20.3 Å². The van der Waals surface area contributed by atoms with Crippen LogP contribution in [0.3, 0.4) is 0 Å². The standard InChI is InChI=1S/C15H20N4O2/c1-21-7-5-17-10-12-2-3-14(13(8-12)9-16)19-6-4-18-15(20)11-19/h2-3,8,17H,4-7,10-11H2,1H3,(H,18,20). The molecule has 0 bridgehead atoms. The normalized spacial score (nSPS) is 14.7. The first-order valence-corrected chi connectivity index (χ1v) is 6.99. The van der Waals surface area contributed by atoms with Gasteiger partial charge in [0.2, 0.25) is 5.91 Å². The molecular weight excluding hydrogens is 268 g/mol. The summed E-state index contributed by atoms with van der Waals surface area (Å²) in [6.45, 7) is 3.77. The van der Waals surface area contributed by atoms with Crippen molar-refractivity contribution in [3.63, 3.8) is 0 Å². The Kier molecular flexibility index (Phi) is 5.55. The Bertz CT molecular complexity index is 539. The van der Waals surface area contributed by atoms with Crippen molar-refractivity contribution in [2.45, 2.75) is 6.54 Å². The van der Waals surface area contributed by atoms with E-state index in [1.54, 1.807) is 7.11 Å². The van der Waals surface area contributed by atoms with E-state index >= 15 is 0 Å². The largest absolute Gasteiger partial charge is 0.383 e. The molecule has 0 saturated carbocycles. The molecule has 0 unspecified atom stereocenters. The zero-order chi connectivity index (χ0) is 15.1. The number of hydrogen-bond donors (Lipinski definition) is 2. The van der Waals surface area contributed by atoms with Crippen LogP contribution in [0.2, 0.25) is 0 Å². The summed E-state index contributed by atoms with van der Waals surface area (Å²) in [6.07, 6.45) is 0. The number of ether oxygens (including phenoxy) is 1. The minimum Gasteiger partial charge on any atom is -0.383 e. The topological polar surface area (TPSA) is 77.4 Å². The summed E-state index contributed by atoms with van der Waals surface area (Å²) in [5, 5.41) is 15.4. The molecule has 1 saturated heterocycles. The SMILES string of the molecule is COCCNCc1ccc(N2CCNC(=O)C2)c(C#N)c1. The van der Waals surface area contributed by atoms with E-state index in [-0.39, 0.29) is 5.91 Å². The van der Waals surface area contributed by atoms with Gasteiger partial charge in [-0.1, -0.05) is 6.07 Å². The second-order valence-corrected chi connectivity index (χ2v) is 4.90. The number of benzene rings is 1. The number of nitrogens with one attached hydrogen (secondary N) is 2. The van der Waals surface area contributed by atoms with E-state index in [0.29, 0.717) is 31.8 Å². The summed E-state index contributed by atoms with van der Waals surface area (Å²) in [5.41, 5.74) is 2.48. The van der Waals surface area contributed by atoms with Crippen molar-refractivity contribution < 1.29 is 9.53 Å². The Balaban J connectivity index is 2.06. The van der Waals surface area contributed by atoms with Crippen LogP contribution in [-0.2, 0) is 16.1 Å². The predicted octanol–water partition coefficient (Wildman–Crippen LogP) is 0.230. The number of nitriles is 1. The zero-order valence-electron chi connectivity index (χ0n) is 12.2. The highest BCUT2D eigenvalue weighted by Gasteiger charge is 2.19. The molecule has 0 atom stereocenters. The molecule has 0 spiro atoms. The summed E-state index contributed by atoms with van der Waals surface area (Å²) in [6, 6.07) is 8.01. The van der Waals surface area contributed by atoms with Crippen LogP contribution in [0.5, 0.6) is 0 Å². The van der Waals surface area contributed by atoms with Gasteiger partial charge in [0.15, 0.2) is 0 Å². The number of rotatable bonds is 6. The van der Waals surface area contributed by atoms with Crippen molar-refractivity contribution in [2.24, 2.45) is 0 Å². The average Bonchev–Trinajstić information content (AvgIpc) is 2.51. The first-order chi connectivity index (χ1) is 10.2. The van der Waals surface area contributed by atoms with Crippen LogP contribution < -0.4 is 15.5 Å². The fourth-order valence-electron chi connectivity index (χ4n) is 2.31. The van der Waals surface area contributed by atoms with E-state index in [0.717, 1.165) is 24.3 Å². The number of nitrogens with zero attached hydrogens (tertiary/aromatic N) is 2. The smallest absolute Gasteiger partial charge is 0.239 e. The van der Waals surface area contributed by atoms with Crippen molar-refractivity contribution in [2.75, 3.05) is 44.8 Å². The maximum atomic E-state index is 11.5. The van der Waals surface area contributed by atoms with Crippen molar-refractivity contribution in [1.29, 1.82) is 5.26 Å². The van der Waals surface area contributed by atoms with Gasteiger partial charge in [-0.15, -0.1) is 0 Å². The second-order valence-electron chi connectivity index (χ2n) is 4.90. The fraction of sp³-hybridized carbons (Fsp3) is 0.467. The van der Waals surface area contributed by atoms with Crippen LogP contribution in [0.15, 0.2) is 18.2 Å². The number of piperazine rings is 1. The Hall–Kier alpha value is -2.10. The number of methoxy groups -OCH3 is 1. The van der Waals surface area contributed by atoms with Crippen LogP contribution in [-0.4, -0.2) is 45.8 Å². The number of carbonyl (C=O) groups excluding carboxylic acids is 1. The molecule has 1 amide bonds. The van der Waals surface area contributed by atoms with E-state index in [4.69, 9.17) is 4.74 Å². The molecule has 21 heavy (non-hydrogen) atoms. The summed E-state index contributed by atoms with van der Waals surface area (Å²) in [5.74, 6) is -0.00421. The molecule has 6 heteroatoms. The number of amides is 1. The van der Waals surface area contributed by atoms with Crippen LogP contribution in [0.1, 0.15) is 11.1 Å². The highest BCUT2D eigenvalue weighted by molar-refractivity contribution is 5.83. The van der Waals surface area contributed by atoms with E-state index in [1.807, 2.05) is 23.1 Å². The van der Waals surface area contributed by atoms with E-state index in [1.165, 1.54) is 0 Å². The monoisotopic (exact) mass is 288 g/mol. The summed E-state index contributed by atoms with van der Waals surface area (Å²) >= 11 is 0. The quantitative estimate of drug-likeness (QED) is 0.733. The minimum absolute atomic E-state index is 0.00421. The van der Waals surface area contributed by atoms with Gasteiger partial charge in [-0.25, -0.2) is 0 Å². The maximum Gasteiger partial charge on any atom is 0.239 e. The van der Waals surface area contributed by atoms with Gasteiger partial charge >= 0.3 is 0 Å². The van der Waals surface area contributed by atoms with Gasteiger partial charge in [0.25, 0.3) is 0 Å². The Labute approximate surface area is 124 Å². The van der Waals surface area contributed by atoms with Gasteiger partial charge in [0, 0.05) is 33.3 Å². The molecule has 0 radical (unpaired) electrons. The molecule has 1 heterocycles. The lowest BCUT2D eigenvalue weighted by Crippen LogP contribution is -2.47. The van der Waals surface area contributed by atoms with Gasteiger partial charge in [0.05, 0.1) is 24.4 Å². The molecule has 1 aliphatic rings. The lowest BCUT2D eigenvalue weighted by molar-refractivity contribution is -0.120. The van der Waals surface area contributed by atoms with Gasteiger partial charge in [-0.3, -0.25) is 4.79 Å². The Morgan fingerprint density at radius 1 is 1.52 bits per heavy atom. The molecule has 2 rings (SSSR count). The van der Waals surface area contributed by atoms with Gasteiger partial charge in [0.1, 0.15) is 6.07 Å². The molecule has 1 aromatic carbocycles. The van der Waals surface area contributed by atoms with Gasteiger partial charge in [-0.2, -0.15) is 5.26 Å². The third-order valence-corrected chi connectivity index (χ3v) is 3.37. The summed E-state index contributed by atoms with van der Waals surface area (Å²) in [4.78, 5) is 13.4. The average molecular weight is 288 g/mol. The van der Waals surface area contributed by atoms with Crippen LogP contribution in [0.25, 0.3) is 0 Å². The summed E-state index contributed by atoms with van der Waals surface area (Å²) in [7, 11) is 1.67. The van der Waals surface area contributed by atoms with E-state index in [9.17, 15) is 10.1 Å². The number of carbonyl (C=O) groups is 1. The van der Waals surface area contributed by atoms with Gasteiger partial charge in [-0.05, 0) is 17.7 Å². The second kappa shape index (κ2) is 7.62. The molecule has 1 aromatic rings. The van der Waals surface area contributed by atoms with Crippen LogP contribution in [0, 0.1) is 11.3 Å². The van der Waals surface area contributed by atoms with Crippen molar-refractivity contribution >= 4 is 11.6 Å². The molecule has 0 aromatic heterocycles. The Morgan fingerprint density at radius 2 is 2.38 bits per heavy atom. The first-order valence-electron chi connectivity index (χ1n) is 6.99. The zero-order valence-corrected chi connectivity index (χ0v) is 12.2. The third kappa shape index (κ3) is 4.18. The van der Waals surface area contributed by atoms with Crippen molar-refractivity contribution in [3.05, 3.63) is 29.3 Å². The fourth-order valence-corrected chi connectivity index (χ4v) is 2.31. The van der Waals surface area contributed by atoms with Crippen molar-refractivity contribution in [3.8, 4) is 6.07 Å². The number of anilines is 1. The molecular formula is C15H20N4O2. The lowest BCUT2D eigenvalue weighted by atomic mass is 10.1. The maximum absolute atomic E-state index is 11.5. The van der Waals surface area contributed by atoms with E-state index < -0.39 is 0 Å². The molecule has 1 aliphatic heterocycles. The van der Waals surface area contributed by atoms with Crippen LogP contribution >= 0.6 is 0 Å². The minimum atomic E-state index is -0.00421. The molecule has 2 N–H and O–H groups in total. The van der Waals surface area contributed by atoms with Crippen molar-refractivity contribution in [1.82, 2.24) is 10.6 Å². The summed E-state index contributed by atoms with van der Waals surface area (Å²) < 4.78 is 4.97. The molecule has 6 nitrogen and oxygen atoms in total.